The predicted molar refractivity (Wildman–Crippen MR) is 56.2 cm³/mol. The molecule has 1 heterocycles. The lowest BCUT2D eigenvalue weighted by Crippen LogP contribution is -2.18. The van der Waals surface area contributed by atoms with Crippen LogP contribution in [0, 0.1) is 13.7 Å². The number of nitro groups is 1. The van der Waals surface area contributed by atoms with Crippen LogP contribution >= 0.6 is 22.6 Å². The van der Waals surface area contributed by atoms with Gasteiger partial charge in [-0.1, -0.05) is 0 Å². The monoisotopic (exact) mass is 364 g/mol. The summed E-state index contributed by atoms with van der Waals surface area (Å²) < 4.78 is 39.1. The first-order valence-corrected chi connectivity index (χ1v) is 5.03. The summed E-state index contributed by atoms with van der Waals surface area (Å²) in [6.45, 7) is -0.860. The van der Waals surface area contributed by atoms with Crippen molar-refractivity contribution in [3.05, 3.63) is 25.4 Å². The third-order valence-corrected chi connectivity index (χ3v) is 2.37. The third kappa shape index (κ3) is 3.66. The van der Waals surface area contributed by atoms with E-state index in [4.69, 9.17) is 5.11 Å². The summed E-state index contributed by atoms with van der Waals surface area (Å²) in [6.07, 6.45) is -4.95. The molecule has 10 heteroatoms. The van der Waals surface area contributed by atoms with Crippen LogP contribution in [-0.4, -0.2) is 21.4 Å². The molecule has 0 aliphatic heterocycles. The minimum absolute atomic E-state index is 0.106. The maximum atomic E-state index is 11.9. The second-order valence-electron chi connectivity index (χ2n) is 2.70. The van der Waals surface area contributed by atoms with E-state index in [2.05, 4.69) is 9.72 Å². The number of rotatable bonds is 3. The molecule has 1 aromatic heterocycles. The van der Waals surface area contributed by atoms with E-state index in [9.17, 15) is 23.3 Å². The Bertz CT molecular complexity index is 451. The van der Waals surface area contributed by atoms with Gasteiger partial charge >= 0.3 is 12.0 Å². The van der Waals surface area contributed by atoms with Crippen LogP contribution in [0.4, 0.5) is 18.9 Å². The van der Waals surface area contributed by atoms with Crippen molar-refractivity contribution in [2.45, 2.75) is 13.0 Å². The molecule has 94 valence electrons. The topological polar surface area (TPSA) is 85.5 Å². The van der Waals surface area contributed by atoms with Gasteiger partial charge in [-0.15, -0.1) is 13.2 Å². The molecule has 0 bridgehead atoms. The van der Waals surface area contributed by atoms with Crippen molar-refractivity contribution in [2.75, 3.05) is 0 Å². The van der Waals surface area contributed by atoms with Gasteiger partial charge in [-0.05, 0) is 22.6 Å². The highest BCUT2D eigenvalue weighted by Gasteiger charge is 2.33. The molecule has 1 N–H and O–H groups in total. The second-order valence-corrected chi connectivity index (χ2v) is 3.86. The average molecular weight is 364 g/mol. The lowest BCUT2D eigenvalue weighted by atomic mass is 10.3. The van der Waals surface area contributed by atoms with Gasteiger partial charge in [0.25, 0.3) is 0 Å². The van der Waals surface area contributed by atoms with Gasteiger partial charge in [0.1, 0.15) is 5.69 Å². The standard InChI is InChI=1S/C7H4F3IN2O4/c8-7(9,10)17-5-1-3(11)6(13(15)16)4(2-14)12-5/h1,14H,2H2. The molecule has 0 atom stereocenters. The molecule has 17 heavy (non-hydrogen) atoms. The van der Waals surface area contributed by atoms with Crippen LogP contribution in [0.25, 0.3) is 0 Å². The fourth-order valence-corrected chi connectivity index (χ4v) is 1.78. The van der Waals surface area contributed by atoms with Crippen molar-refractivity contribution >= 4 is 28.3 Å². The average Bonchev–Trinajstić information content (AvgIpc) is 2.12. The maximum Gasteiger partial charge on any atom is 0.574 e. The summed E-state index contributed by atoms with van der Waals surface area (Å²) >= 11 is 1.46. The van der Waals surface area contributed by atoms with E-state index in [0.717, 1.165) is 6.07 Å². The number of aliphatic hydroxyl groups excluding tert-OH is 1. The van der Waals surface area contributed by atoms with Crippen LogP contribution in [0.1, 0.15) is 5.69 Å². The number of pyridine rings is 1. The van der Waals surface area contributed by atoms with E-state index in [1.165, 1.54) is 22.6 Å². The predicted octanol–water partition coefficient (Wildman–Crippen LogP) is 1.99. The third-order valence-electron chi connectivity index (χ3n) is 1.55. The van der Waals surface area contributed by atoms with Crippen LogP contribution in [0.3, 0.4) is 0 Å². The molecule has 1 aromatic rings. The van der Waals surface area contributed by atoms with E-state index >= 15 is 0 Å². The zero-order valence-corrected chi connectivity index (χ0v) is 10.0. The lowest BCUT2D eigenvalue weighted by molar-refractivity contribution is -0.387. The van der Waals surface area contributed by atoms with Gasteiger partial charge in [-0.2, -0.15) is 0 Å². The van der Waals surface area contributed by atoms with E-state index in [1.54, 1.807) is 0 Å². The molecule has 0 spiro atoms. The normalized spacial score (nSPS) is 11.4. The van der Waals surface area contributed by atoms with Gasteiger partial charge in [0.15, 0.2) is 0 Å². The fraction of sp³-hybridized carbons (Fsp3) is 0.286. The Balaban J connectivity index is 3.23. The van der Waals surface area contributed by atoms with Crippen molar-refractivity contribution in [2.24, 2.45) is 0 Å². The Morgan fingerprint density at radius 1 is 1.59 bits per heavy atom. The van der Waals surface area contributed by atoms with E-state index in [0.29, 0.717) is 0 Å². The van der Waals surface area contributed by atoms with Crippen LogP contribution in [0.2, 0.25) is 0 Å². The summed E-state index contributed by atoms with van der Waals surface area (Å²) in [5, 5.41) is 19.4. The molecule has 6 nitrogen and oxygen atoms in total. The van der Waals surface area contributed by atoms with Crippen LogP contribution < -0.4 is 4.74 Å². The number of alkyl halides is 3. The zero-order chi connectivity index (χ0) is 13.2. The highest BCUT2D eigenvalue weighted by atomic mass is 127. The molecule has 0 saturated heterocycles. The Kier molecular flexibility index (Phi) is 4.08. The van der Waals surface area contributed by atoms with E-state index in [1.807, 2.05) is 0 Å². The van der Waals surface area contributed by atoms with E-state index < -0.39 is 35.2 Å². The fourth-order valence-electron chi connectivity index (χ4n) is 1.01. The van der Waals surface area contributed by atoms with Crippen LogP contribution in [-0.2, 0) is 6.61 Å². The van der Waals surface area contributed by atoms with Crippen molar-refractivity contribution in [1.82, 2.24) is 4.98 Å². The minimum Gasteiger partial charge on any atom is -0.390 e. The Hall–Kier alpha value is -1.17. The molecular formula is C7H4F3IN2O4. The highest BCUT2D eigenvalue weighted by molar-refractivity contribution is 14.1. The Labute approximate surface area is 106 Å². The van der Waals surface area contributed by atoms with Gasteiger partial charge in [0, 0.05) is 6.07 Å². The van der Waals surface area contributed by atoms with Gasteiger partial charge in [-0.3, -0.25) is 10.1 Å². The van der Waals surface area contributed by atoms with Crippen molar-refractivity contribution < 1.29 is 27.9 Å². The van der Waals surface area contributed by atoms with Crippen molar-refractivity contribution in [1.29, 1.82) is 0 Å². The highest BCUT2D eigenvalue weighted by Crippen LogP contribution is 2.30. The summed E-state index contributed by atoms with van der Waals surface area (Å²) in [6, 6.07) is 0.769. The second kappa shape index (κ2) is 5.00. The first-order chi connectivity index (χ1) is 7.74. The Morgan fingerprint density at radius 3 is 2.59 bits per heavy atom. The lowest BCUT2D eigenvalue weighted by Gasteiger charge is -2.09. The first kappa shape index (κ1) is 13.9. The Morgan fingerprint density at radius 2 is 2.18 bits per heavy atom. The largest absolute Gasteiger partial charge is 0.574 e. The molecule has 0 aliphatic carbocycles. The number of hydrogen-bond donors (Lipinski definition) is 1. The number of hydrogen-bond acceptors (Lipinski definition) is 5. The number of aliphatic hydroxyl groups is 1. The molecule has 0 radical (unpaired) electrons. The van der Waals surface area contributed by atoms with Gasteiger partial charge in [0.2, 0.25) is 5.88 Å². The first-order valence-electron chi connectivity index (χ1n) is 3.95. The van der Waals surface area contributed by atoms with Crippen LogP contribution in [0.5, 0.6) is 5.88 Å². The summed E-state index contributed by atoms with van der Waals surface area (Å²) in [7, 11) is 0. The van der Waals surface area contributed by atoms with Crippen LogP contribution in [0.15, 0.2) is 6.07 Å². The van der Waals surface area contributed by atoms with Gasteiger partial charge in [0.05, 0.1) is 15.1 Å². The SMILES string of the molecule is O=[N+]([O-])c1c(I)cc(OC(F)(F)F)nc1CO. The molecular weight excluding hydrogens is 360 g/mol. The van der Waals surface area contributed by atoms with E-state index in [-0.39, 0.29) is 3.57 Å². The molecule has 0 fully saturated rings. The van der Waals surface area contributed by atoms with Gasteiger partial charge < -0.3 is 9.84 Å². The zero-order valence-electron chi connectivity index (χ0n) is 7.86. The number of nitrogens with zero attached hydrogens (tertiary/aromatic N) is 2. The van der Waals surface area contributed by atoms with Crippen molar-refractivity contribution in [3.63, 3.8) is 0 Å². The maximum absolute atomic E-state index is 11.9. The smallest absolute Gasteiger partial charge is 0.390 e. The molecule has 1 rings (SSSR count). The summed E-state index contributed by atoms with van der Waals surface area (Å²) in [5.74, 6) is -0.850. The van der Waals surface area contributed by atoms with Crippen molar-refractivity contribution in [3.8, 4) is 5.88 Å². The summed E-state index contributed by atoms with van der Waals surface area (Å²) in [4.78, 5) is 13.0. The number of halogens is 4. The number of aromatic nitrogens is 1. The van der Waals surface area contributed by atoms with Gasteiger partial charge in [-0.25, -0.2) is 4.98 Å². The summed E-state index contributed by atoms with van der Waals surface area (Å²) in [5.41, 5.74) is -1.02. The quantitative estimate of drug-likeness (QED) is 0.504. The molecule has 0 saturated carbocycles. The minimum atomic E-state index is -4.95. The molecule has 0 amide bonds. The molecule has 0 unspecified atom stereocenters. The number of ether oxygens (including phenoxy) is 1. The molecule has 0 aliphatic rings. The molecule has 0 aromatic carbocycles.